The van der Waals surface area contributed by atoms with E-state index in [4.69, 9.17) is 14.2 Å². The minimum absolute atomic E-state index is 0.0630. The first-order valence-corrected chi connectivity index (χ1v) is 8.84. The summed E-state index contributed by atoms with van der Waals surface area (Å²) >= 11 is 0. The zero-order valence-electron chi connectivity index (χ0n) is 16.6. The van der Waals surface area contributed by atoms with Crippen LogP contribution in [0.5, 0.6) is 17.2 Å². The fraction of sp³-hybridized carbons (Fsp3) is 0.304. The van der Waals surface area contributed by atoms with Gasteiger partial charge in [-0.2, -0.15) is 0 Å². The average molecular weight is 368 g/mol. The zero-order valence-corrected chi connectivity index (χ0v) is 16.6. The maximum Gasteiger partial charge on any atom is 0.169 e. The molecule has 0 bridgehead atoms. The standard InChI is InChI=1S/C23H25FO3/c1-23(2,3)15-9-7-14(8-10-15)16-11-12-18(25-4)21-19(26-5)13-17(24)22(27-6)20(16)21/h7-13H,1-6H3. The van der Waals surface area contributed by atoms with E-state index in [1.54, 1.807) is 7.11 Å². The van der Waals surface area contributed by atoms with Crippen molar-refractivity contribution in [1.29, 1.82) is 0 Å². The number of benzene rings is 3. The van der Waals surface area contributed by atoms with E-state index < -0.39 is 5.82 Å². The highest BCUT2D eigenvalue weighted by Gasteiger charge is 2.21. The maximum atomic E-state index is 14.7. The molecule has 3 aromatic carbocycles. The van der Waals surface area contributed by atoms with Crippen LogP contribution >= 0.6 is 0 Å². The summed E-state index contributed by atoms with van der Waals surface area (Å²) < 4.78 is 31.0. The Labute approximate surface area is 159 Å². The molecule has 0 amide bonds. The summed E-state index contributed by atoms with van der Waals surface area (Å²) in [5.41, 5.74) is 3.13. The average Bonchev–Trinajstić information content (AvgIpc) is 2.65. The molecule has 0 aliphatic carbocycles. The summed E-state index contributed by atoms with van der Waals surface area (Å²) in [5.74, 6) is 0.728. The maximum absolute atomic E-state index is 14.7. The van der Waals surface area contributed by atoms with Crippen molar-refractivity contribution in [3.8, 4) is 28.4 Å². The zero-order chi connectivity index (χ0) is 19.8. The Balaban J connectivity index is 2.35. The summed E-state index contributed by atoms with van der Waals surface area (Å²) in [6.07, 6.45) is 0. The van der Waals surface area contributed by atoms with Crippen LogP contribution in [0.4, 0.5) is 4.39 Å². The first kappa shape index (κ1) is 19.0. The second kappa shape index (κ2) is 7.10. The van der Waals surface area contributed by atoms with Gasteiger partial charge in [0.1, 0.15) is 11.5 Å². The molecule has 0 N–H and O–H groups in total. The van der Waals surface area contributed by atoms with Gasteiger partial charge in [0, 0.05) is 11.5 Å². The molecule has 3 rings (SSSR count). The molecule has 142 valence electrons. The molecule has 0 fully saturated rings. The highest BCUT2D eigenvalue weighted by molar-refractivity contribution is 6.07. The molecule has 0 spiro atoms. The number of fused-ring (bicyclic) bond motifs is 1. The molecule has 4 heteroatoms. The van der Waals surface area contributed by atoms with Gasteiger partial charge in [0.2, 0.25) is 0 Å². The molecule has 0 aromatic heterocycles. The molecule has 3 aromatic rings. The molecular formula is C23H25FO3. The molecule has 0 saturated heterocycles. The van der Waals surface area contributed by atoms with E-state index in [0.717, 1.165) is 11.1 Å². The van der Waals surface area contributed by atoms with Gasteiger partial charge < -0.3 is 14.2 Å². The number of hydrogen-bond acceptors (Lipinski definition) is 3. The van der Waals surface area contributed by atoms with Crippen LogP contribution < -0.4 is 14.2 Å². The van der Waals surface area contributed by atoms with Crippen molar-refractivity contribution in [2.45, 2.75) is 26.2 Å². The van der Waals surface area contributed by atoms with E-state index in [1.165, 1.54) is 25.8 Å². The number of ether oxygens (including phenoxy) is 3. The third-order valence-electron chi connectivity index (χ3n) is 4.82. The van der Waals surface area contributed by atoms with Gasteiger partial charge in [-0.3, -0.25) is 0 Å². The van der Waals surface area contributed by atoms with Crippen LogP contribution in [-0.4, -0.2) is 21.3 Å². The van der Waals surface area contributed by atoms with E-state index >= 15 is 0 Å². The van der Waals surface area contributed by atoms with Crippen LogP contribution in [0.2, 0.25) is 0 Å². The SMILES string of the molecule is COc1ccc(-c2ccc(C(C)(C)C)cc2)c2c(OC)c(F)cc(OC)c12. The Morgan fingerprint density at radius 2 is 1.37 bits per heavy atom. The Bertz CT molecular complexity index is 970. The molecule has 3 nitrogen and oxygen atoms in total. The summed E-state index contributed by atoms with van der Waals surface area (Å²) in [7, 11) is 4.57. The summed E-state index contributed by atoms with van der Waals surface area (Å²) in [4.78, 5) is 0. The monoisotopic (exact) mass is 368 g/mol. The lowest BCUT2D eigenvalue weighted by Crippen LogP contribution is -2.10. The van der Waals surface area contributed by atoms with Gasteiger partial charge in [-0.25, -0.2) is 4.39 Å². The van der Waals surface area contributed by atoms with Crippen LogP contribution in [0.15, 0.2) is 42.5 Å². The van der Waals surface area contributed by atoms with Crippen molar-refractivity contribution in [2.24, 2.45) is 0 Å². The molecular weight excluding hydrogens is 343 g/mol. The number of hydrogen-bond donors (Lipinski definition) is 0. The topological polar surface area (TPSA) is 27.7 Å². The van der Waals surface area contributed by atoms with Crippen molar-refractivity contribution >= 4 is 10.8 Å². The second-order valence-electron chi connectivity index (χ2n) is 7.49. The van der Waals surface area contributed by atoms with E-state index in [1.807, 2.05) is 12.1 Å². The van der Waals surface area contributed by atoms with E-state index in [-0.39, 0.29) is 11.2 Å². The minimum atomic E-state index is -0.470. The molecule has 0 saturated carbocycles. The first-order valence-electron chi connectivity index (χ1n) is 8.84. The van der Waals surface area contributed by atoms with Gasteiger partial charge in [0.25, 0.3) is 0 Å². The largest absolute Gasteiger partial charge is 0.496 e. The Morgan fingerprint density at radius 3 is 1.89 bits per heavy atom. The predicted molar refractivity (Wildman–Crippen MR) is 108 cm³/mol. The smallest absolute Gasteiger partial charge is 0.169 e. The summed E-state index contributed by atoms with van der Waals surface area (Å²) in [6.45, 7) is 6.52. The molecule has 0 radical (unpaired) electrons. The highest BCUT2D eigenvalue weighted by Crippen LogP contribution is 2.46. The third kappa shape index (κ3) is 3.32. The van der Waals surface area contributed by atoms with E-state index in [0.29, 0.717) is 22.3 Å². The van der Waals surface area contributed by atoms with Crippen LogP contribution in [-0.2, 0) is 5.41 Å². The van der Waals surface area contributed by atoms with Crippen LogP contribution in [0, 0.1) is 5.82 Å². The molecule has 0 atom stereocenters. The van der Waals surface area contributed by atoms with Crippen LogP contribution in [0.3, 0.4) is 0 Å². The fourth-order valence-electron chi connectivity index (χ4n) is 3.36. The molecule has 0 unspecified atom stereocenters. The molecule has 0 aliphatic heterocycles. The number of halogens is 1. The van der Waals surface area contributed by atoms with Crippen LogP contribution in [0.25, 0.3) is 21.9 Å². The molecule has 27 heavy (non-hydrogen) atoms. The van der Waals surface area contributed by atoms with Crippen molar-refractivity contribution in [3.63, 3.8) is 0 Å². The predicted octanol–water partition coefficient (Wildman–Crippen LogP) is 5.97. The summed E-state index contributed by atoms with van der Waals surface area (Å²) in [6, 6.07) is 13.4. The van der Waals surface area contributed by atoms with E-state index in [9.17, 15) is 4.39 Å². The van der Waals surface area contributed by atoms with Gasteiger partial charge >= 0.3 is 0 Å². The van der Waals surface area contributed by atoms with Crippen molar-refractivity contribution in [2.75, 3.05) is 21.3 Å². The van der Waals surface area contributed by atoms with Crippen LogP contribution in [0.1, 0.15) is 26.3 Å². The fourth-order valence-corrected chi connectivity index (χ4v) is 3.36. The number of methoxy groups -OCH3 is 3. The lowest BCUT2D eigenvalue weighted by Gasteiger charge is -2.20. The third-order valence-corrected chi connectivity index (χ3v) is 4.82. The van der Waals surface area contributed by atoms with Gasteiger partial charge in [0.15, 0.2) is 11.6 Å². The summed E-state index contributed by atoms with van der Waals surface area (Å²) in [5, 5.41) is 1.33. The number of rotatable bonds is 4. The second-order valence-corrected chi connectivity index (χ2v) is 7.49. The Kier molecular flexibility index (Phi) is 5.01. The van der Waals surface area contributed by atoms with Gasteiger partial charge in [-0.15, -0.1) is 0 Å². The van der Waals surface area contributed by atoms with Crippen molar-refractivity contribution < 1.29 is 18.6 Å². The lowest BCUT2D eigenvalue weighted by atomic mass is 9.86. The van der Waals surface area contributed by atoms with Gasteiger partial charge in [-0.1, -0.05) is 45.0 Å². The van der Waals surface area contributed by atoms with Crippen molar-refractivity contribution in [3.05, 3.63) is 53.8 Å². The minimum Gasteiger partial charge on any atom is -0.496 e. The highest BCUT2D eigenvalue weighted by atomic mass is 19.1. The van der Waals surface area contributed by atoms with Gasteiger partial charge in [-0.05, 0) is 34.2 Å². The Hall–Kier alpha value is -2.75. The van der Waals surface area contributed by atoms with Gasteiger partial charge in [0.05, 0.1) is 26.7 Å². The molecule has 0 heterocycles. The quantitative estimate of drug-likeness (QED) is 0.568. The van der Waals surface area contributed by atoms with E-state index in [2.05, 4.69) is 45.0 Å². The normalized spacial score (nSPS) is 11.5. The lowest BCUT2D eigenvalue weighted by molar-refractivity contribution is 0.381. The van der Waals surface area contributed by atoms with Crippen molar-refractivity contribution in [1.82, 2.24) is 0 Å². The molecule has 0 aliphatic rings. The Morgan fingerprint density at radius 1 is 0.741 bits per heavy atom. The first-order chi connectivity index (χ1) is 12.8.